The van der Waals surface area contributed by atoms with Crippen molar-refractivity contribution < 1.29 is 4.74 Å². The van der Waals surface area contributed by atoms with Crippen LogP contribution in [0.2, 0.25) is 0 Å². The number of aromatic nitrogens is 1. The second kappa shape index (κ2) is 3.05. The van der Waals surface area contributed by atoms with Gasteiger partial charge in [0.15, 0.2) is 0 Å². The Balaban J connectivity index is 2.88. The van der Waals surface area contributed by atoms with E-state index in [4.69, 9.17) is 4.74 Å². The van der Waals surface area contributed by atoms with Gasteiger partial charge in [-0.25, -0.2) is 0 Å². The molecule has 1 N–H and O–H groups in total. The fourth-order valence-corrected chi connectivity index (χ4v) is 1.87. The zero-order valence-electron chi connectivity index (χ0n) is 9.06. The molecule has 0 bridgehead atoms. The highest BCUT2D eigenvalue weighted by atomic mass is 16.5. The van der Waals surface area contributed by atoms with E-state index < -0.39 is 0 Å². The van der Waals surface area contributed by atoms with Gasteiger partial charge >= 0.3 is 0 Å². The summed E-state index contributed by atoms with van der Waals surface area (Å²) in [6.07, 6.45) is 0. The molecule has 0 radical (unpaired) electrons. The van der Waals surface area contributed by atoms with E-state index in [1.165, 1.54) is 22.2 Å². The molecule has 0 aliphatic carbocycles. The van der Waals surface area contributed by atoms with E-state index in [-0.39, 0.29) is 0 Å². The monoisotopic (exact) mass is 189 g/mol. The molecule has 2 nitrogen and oxygen atoms in total. The lowest BCUT2D eigenvalue weighted by Crippen LogP contribution is -1.88. The van der Waals surface area contributed by atoms with Crippen molar-refractivity contribution in [1.29, 1.82) is 0 Å². The molecule has 0 fully saturated rings. The van der Waals surface area contributed by atoms with Crippen molar-refractivity contribution in [2.24, 2.45) is 0 Å². The quantitative estimate of drug-likeness (QED) is 0.732. The third-order valence-electron chi connectivity index (χ3n) is 2.84. The molecule has 2 heteroatoms. The van der Waals surface area contributed by atoms with Crippen LogP contribution in [0, 0.1) is 20.8 Å². The summed E-state index contributed by atoms with van der Waals surface area (Å²) >= 11 is 0. The van der Waals surface area contributed by atoms with Crippen LogP contribution in [-0.2, 0) is 0 Å². The molecule has 0 saturated carbocycles. The molecule has 1 aromatic heterocycles. The molecular weight excluding hydrogens is 174 g/mol. The number of aromatic amines is 1. The lowest BCUT2D eigenvalue weighted by atomic mass is 10.1. The number of fused-ring (bicyclic) bond motifs is 1. The number of H-pyrrole nitrogens is 1. The van der Waals surface area contributed by atoms with Gasteiger partial charge in [-0.2, -0.15) is 0 Å². The van der Waals surface area contributed by atoms with Crippen LogP contribution in [0.5, 0.6) is 5.75 Å². The largest absolute Gasteiger partial charge is 0.494 e. The van der Waals surface area contributed by atoms with Gasteiger partial charge in [-0.3, -0.25) is 0 Å². The van der Waals surface area contributed by atoms with Crippen LogP contribution in [-0.4, -0.2) is 12.1 Å². The molecule has 0 atom stereocenters. The van der Waals surface area contributed by atoms with Gasteiger partial charge in [0.25, 0.3) is 0 Å². The van der Waals surface area contributed by atoms with E-state index in [2.05, 4.69) is 37.9 Å². The highest BCUT2D eigenvalue weighted by Crippen LogP contribution is 2.31. The molecule has 1 heterocycles. The second-order valence-corrected chi connectivity index (χ2v) is 3.71. The van der Waals surface area contributed by atoms with E-state index in [9.17, 15) is 0 Å². The number of aryl methyl sites for hydroxylation is 3. The normalized spacial score (nSPS) is 10.9. The summed E-state index contributed by atoms with van der Waals surface area (Å²) in [5.41, 5.74) is 4.80. The Hall–Kier alpha value is -1.44. The van der Waals surface area contributed by atoms with Crippen molar-refractivity contribution in [3.8, 4) is 5.75 Å². The summed E-state index contributed by atoms with van der Waals surface area (Å²) in [6.45, 7) is 6.27. The zero-order chi connectivity index (χ0) is 10.3. The molecule has 74 valence electrons. The fourth-order valence-electron chi connectivity index (χ4n) is 1.87. The van der Waals surface area contributed by atoms with Crippen LogP contribution in [0.25, 0.3) is 10.9 Å². The van der Waals surface area contributed by atoms with E-state index >= 15 is 0 Å². The Kier molecular flexibility index (Phi) is 1.99. The summed E-state index contributed by atoms with van der Waals surface area (Å²) in [5, 5.41) is 1.25. The molecule has 0 aliphatic rings. The highest BCUT2D eigenvalue weighted by molar-refractivity contribution is 5.90. The van der Waals surface area contributed by atoms with Crippen LogP contribution in [0.4, 0.5) is 0 Å². The van der Waals surface area contributed by atoms with Gasteiger partial charge in [0.1, 0.15) is 5.75 Å². The van der Waals surface area contributed by atoms with Gasteiger partial charge in [0.2, 0.25) is 0 Å². The highest BCUT2D eigenvalue weighted by Gasteiger charge is 2.10. The van der Waals surface area contributed by atoms with Crippen molar-refractivity contribution in [2.45, 2.75) is 20.8 Å². The predicted molar refractivity (Wildman–Crippen MR) is 59.1 cm³/mol. The van der Waals surface area contributed by atoms with Gasteiger partial charge < -0.3 is 9.72 Å². The Morgan fingerprint density at radius 1 is 1.14 bits per heavy atom. The van der Waals surface area contributed by atoms with E-state index in [0.29, 0.717) is 0 Å². The minimum absolute atomic E-state index is 0.957. The fraction of sp³-hybridized carbons (Fsp3) is 0.333. The second-order valence-electron chi connectivity index (χ2n) is 3.71. The summed E-state index contributed by atoms with van der Waals surface area (Å²) in [6, 6.07) is 4.24. The zero-order valence-corrected chi connectivity index (χ0v) is 9.06. The Morgan fingerprint density at radius 3 is 2.50 bits per heavy atom. The van der Waals surface area contributed by atoms with Crippen molar-refractivity contribution in [1.82, 2.24) is 4.98 Å². The summed E-state index contributed by atoms with van der Waals surface area (Å²) < 4.78 is 5.40. The van der Waals surface area contributed by atoms with Gasteiger partial charge in [0, 0.05) is 11.1 Å². The van der Waals surface area contributed by atoms with Crippen molar-refractivity contribution in [3.05, 3.63) is 29.0 Å². The van der Waals surface area contributed by atoms with Crippen molar-refractivity contribution in [2.75, 3.05) is 7.11 Å². The first-order chi connectivity index (χ1) is 6.65. The predicted octanol–water partition coefficient (Wildman–Crippen LogP) is 3.10. The average Bonchev–Trinajstić information content (AvgIpc) is 2.43. The smallest absolute Gasteiger partial charge is 0.145 e. The standard InChI is InChI=1S/C12H15NO/c1-7-5-6-10-8(2)9(3)13-11(10)12(7)14-4/h5-6,13H,1-4H3. The molecule has 1 aromatic carbocycles. The van der Waals surface area contributed by atoms with E-state index in [1.54, 1.807) is 7.11 Å². The first-order valence-electron chi connectivity index (χ1n) is 4.77. The number of hydrogen-bond acceptors (Lipinski definition) is 1. The lowest BCUT2D eigenvalue weighted by Gasteiger charge is -2.05. The minimum Gasteiger partial charge on any atom is -0.494 e. The van der Waals surface area contributed by atoms with Gasteiger partial charge in [-0.15, -0.1) is 0 Å². The third-order valence-corrected chi connectivity index (χ3v) is 2.84. The van der Waals surface area contributed by atoms with Gasteiger partial charge in [0.05, 0.1) is 12.6 Å². The molecule has 0 aliphatic heterocycles. The summed E-state index contributed by atoms with van der Waals surface area (Å²) in [7, 11) is 1.72. The van der Waals surface area contributed by atoms with Crippen LogP contribution in [0.3, 0.4) is 0 Å². The molecule has 2 rings (SSSR count). The topological polar surface area (TPSA) is 25.0 Å². The molecule has 0 amide bonds. The van der Waals surface area contributed by atoms with Gasteiger partial charge in [-0.1, -0.05) is 12.1 Å². The molecule has 14 heavy (non-hydrogen) atoms. The lowest BCUT2D eigenvalue weighted by molar-refractivity contribution is 0.416. The number of benzene rings is 1. The molecule has 0 unspecified atom stereocenters. The summed E-state index contributed by atoms with van der Waals surface area (Å²) in [5.74, 6) is 0.957. The average molecular weight is 189 g/mol. The molecule has 0 saturated heterocycles. The first kappa shape index (κ1) is 9.13. The Morgan fingerprint density at radius 2 is 1.86 bits per heavy atom. The number of rotatable bonds is 1. The van der Waals surface area contributed by atoms with Crippen LogP contribution < -0.4 is 4.74 Å². The third kappa shape index (κ3) is 1.10. The number of methoxy groups -OCH3 is 1. The van der Waals surface area contributed by atoms with Crippen molar-refractivity contribution >= 4 is 10.9 Å². The molecule has 2 aromatic rings. The van der Waals surface area contributed by atoms with Crippen LogP contribution in [0.15, 0.2) is 12.1 Å². The molecular formula is C12H15NO. The van der Waals surface area contributed by atoms with E-state index in [1.807, 2.05) is 0 Å². The van der Waals surface area contributed by atoms with Gasteiger partial charge in [-0.05, 0) is 31.9 Å². The first-order valence-corrected chi connectivity index (χ1v) is 4.77. The number of ether oxygens (including phenoxy) is 1. The van der Waals surface area contributed by atoms with Crippen molar-refractivity contribution in [3.63, 3.8) is 0 Å². The maximum atomic E-state index is 5.40. The maximum Gasteiger partial charge on any atom is 0.145 e. The molecule has 0 spiro atoms. The number of hydrogen-bond donors (Lipinski definition) is 1. The maximum absolute atomic E-state index is 5.40. The Bertz CT molecular complexity index is 483. The number of nitrogens with one attached hydrogen (secondary N) is 1. The van der Waals surface area contributed by atoms with Crippen LogP contribution in [0.1, 0.15) is 16.8 Å². The Labute approximate surface area is 83.9 Å². The SMILES string of the molecule is COc1c(C)ccc2c(C)c(C)[nH]c12. The van der Waals surface area contributed by atoms with Crippen LogP contribution >= 0.6 is 0 Å². The minimum atomic E-state index is 0.957. The van der Waals surface area contributed by atoms with E-state index in [0.717, 1.165) is 11.3 Å². The summed E-state index contributed by atoms with van der Waals surface area (Å²) in [4.78, 5) is 3.36.